The van der Waals surface area contributed by atoms with Crippen molar-refractivity contribution in [3.63, 3.8) is 0 Å². The Kier molecular flexibility index (Phi) is 11.9. The van der Waals surface area contributed by atoms with E-state index in [1.165, 1.54) is 23.5 Å². The van der Waals surface area contributed by atoms with Crippen LogP contribution in [-0.2, 0) is 19.2 Å². The van der Waals surface area contributed by atoms with Crippen molar-refractivity contribution in [1.29, 1.82) is 0 Å². The Labute approximate surface area is 174 Å². The molecule has 0 heterocycles. The lowest BCUT2D eigenvalue weighted by Crippen LogP contribution is -2.44. The van der Waals surface area contributed by atoms with Gasteiger partial charge < -0.3 is 15.4 Å². The minimum absolute atomic E-state index is 0.163. The molecule has 11 heteroatoms. The van der Waals surface area contributed by atoms with Crippen molar-refractivity contribution >= 4 is 57.2 Å². The van der Waals surface area contributed by atoms with Crippen LogP contribution in [0.25, 0.3) is 0 Å². The van der Waals surface area contributed by atoms with Gasteiger partial charge in [0.25, 0.3) is 0 Å². The number of nitrogens with one attached hydrogen (secondary N) is 3. The Morgan fingerprint density at radius 3 is 2.19 bits per heavy atom. The minimum atomic E-state index is -0.776. The Hall–Kier alpha value is -1.04. The first-order valence-electron chi connectivity index (χ1n) is 8.39. The molecule has 0 aliphatic carbocycles. The highest BCUT2D eigenvalue weighted by Gasteiger charge is 2.29. The van der Waals surface area contributed by atoms with Gasteiger partial charge in [0.1, 0.15) is 9.13 Å². The van der Waals surface area contributed by atoms with Gasteiger partial charge in [-0.25, -0.2) is 4.79 Å². The standard InChI is InChI=1S/C16H29N3O5S3/c1-7-26-14(25)27-16(5,6)12(21)18-9-8-17-11(20)10-23-19-13(22)24-15(2,3)4/h7-10H2,1-6H3,(H,17,20)(H,18,21)(H,19,22). The van der Waals surface area contributed by atoms with Crippen molar-refractivity contribution in [1.82, 2.24) is 16.1 Å². The van der Waals surface area contributed by atoms with Crippen molar-refractivity contribution in [2.24, 2.45) is 0 Å². The molecule has 0 aliphatic rings. The molecule has 0 atom stereocenters. The third-order valence-corrected chi connectivity index (χ3v) is 5.23. The number of hydroxylamine groups is 1. The summed E-state index contributed by atoms with van der Waals surface area (Å²) in [5.74, 6) is 0.263. The van der Waals surface area contributed by atoms with Crippen molar-refractivity contribution < 1.29 is 24.0 Å². The average Bonchev–Trinajstić information content (AvgIpc) is 2.49. The van der Waals surface area contributed by atoms with Gasteiger partial charge >= 0.3 is 6.09 Å². The van der Waals surface area contributed by atoms with Crippen molar-refractivity contribution in [3.8, 4) is 0 Å². The van der Waals surface area contributed by atoms with Gasteiger partial charge in [0.15, 0.2) is 6.61 Å². The number of carbonyl (C=O) groups excluding carboxylic acids is 3. The molecule has 0 spiro atoms. The quantitative estimate of drug-likeness (QED) is 0.285. The Morgan fingerprint density at radius 1 is 1.04 bits per heavy atom. The third-order valence-electron chi connectivity index (χ3n) is 2.64. The van der Waals surface area contributed by atoms with Crippen LogP contribution in [-0.4, -0.2) is 57.2 Å². The van der Waals surface area contributed by atoms with E-state index in [1.54, 1.807) is 34.6 Å². The molecule has 0 rings (SSSR count). The number of thiocarbonyl (C=S) groups is 1. The smallest absolute Gasteiger partial charge is 0.431 e. The zero-order chi connectivity index (χ0) is 21.1. The fourth-order valence-corrected chi connectivity index (χ4v) is 4.51. The molecular weight excluding hydrogens is 410 g/mol. The number of thioether (sulfide) groups is 2. The molecule has 0 bridgehead atoms. The molecule has 0 fully saturated rings. The molecule has 0 radical (unpaired) electrons. The largest absolute Gasteiger partial charge is 0.442 e. The summed E-state index contributed by atoms with van der Waals surface area (Å²) < 4.78 is 4.98. The van der Waals surface area contributed by atoms with Gasteiger partial charge in [0.2, 0.25) is 11.8 Å². The topological polar surface area (TPSA) is 106 Å². The maximum atomic E-state index is 12.2. The summed E-state index contributed by atoms with van der Waals surface area (Å²) in [6.07, 6.45) is -0.776. The van der Waals surface area contributed by atoms with Crippen LogP contribution in [0.5, 0.6) is 0 Å². The number of amides is 3. The molecule has 0 aliphatic heterocycles. The van der Waals surface area contributed by atoms with Gasteiger partial charge in [0.05, 0.1) is 4.75 Å². The maximum absolute atomic E-state index is 12.2. The second-order valence-electron chi connectivity index (χ2n) is 6.79. The first-order valence-corrected chi connectivity index (χ1v) is 10.6. The normalized spacial score (nSPS) is 11.5. The van der Waals surface area contributed by atoms with Crippen molar-refractivity contribution in [3.05, 3.63) is 0 Å². The SMILES string of the molecule is CCSC(=S)SC(C)(C)C(=O)NCCNC(=O)CONC(=O)OC(C)(C)C. The molecule has 3 amide bonds. The molecule has 27 heavy (non-hydrogen) atoms. The van der Waals surface area contributed by atoms with Gasteiger partial charge in [-0.1, -0.05) is 30.9 Å². The van der Waals surface area contributed by atoms with E-state index in [9.17, 15) is 14.4 Å². The van der Waals surface area contributed by atoms with Gasteiger partial charge in [-0.05, 0) is 40.4 Å². The highest BCUT2D eigenvalue weighted by Crippen LogP contribution is 2.30. The number of hydrogen-bond donors (Lipinski definition) is 3. The fourth-order valence-electron chi connectivity index (χ4n) is 1.50. The van der Waals surface area contributed by atoms with E-state index in [4.69, 9.17) is 21.8 Å². The lowest BCUT2D eigenvalue weighted by atomic mass is 10.2. The summed E-state index contributed by atoms with van der Waals surface area (Å²) in [6.45, 7) is 10.9. The first kappa shape index (κ1) is 26.0. The summed E-state index contributed by atoms with van der Waals surface area (Å²) in [6, 6.07) is 0. The Bertz CT molecular complexity index is 536. The zero-order valence-corrected chi connectivity index (χ0v) is 19.0. The third kappa shape index (κ3) is 13.7. The van der Waals surface area contributed by atoms with E-state index in [1.807, 2.05) is 12.4 Å². The molecule has 0 unspecified atom stereocenters. The molecule has 0 saturated carbocycles. The first-order chi connectivity index (χ1) is 12.4. The number of carbonyl (C=O) groups is 3. The van der Waals surface area contributed by atoms with Crippen LogP contribution in [0.4, 0.5) is 4.79 Å². The van der Waals surface area contributed by atoms with Gasteiger partial charge in [-0.15, -0.1) is 11.8 Å². The van der Waals surface area contributed by atoms with Crippen molar-refractivity contribution in [2.75, 3.05) is 25.4 Å². The van der Waals surface area contributed by atoms with E-state index in [0.717, 1.165) is 9.28 Å². The van der Waals surface area contributed by atoms with Crippen molar-refractivity contribution in [2.45, 2.75) is 51.9 Å². The fraction of sp³-hybridized carbons (Fsp3) is 0.750. The predicted octanol–water partition coefficient (Wildman–Crippen LogP) is 2.22. The molecule has 0 aromatic rings. The summed E-state index contributed by atoms with van der Waals surface area (Å²) in [4.78, 5) is 39.9. The molecule has 0 aromatic carbocycles. The summed E-state index contributed by atoms with van der Waals surface area (Å²) >= 11 is 8.08. The molecule has 0 aromatic heterocycles. The summed E-state index contributed by atoms with van der Waals surface area (Å²) in [7, 11) is 0. The average molecular weight is 440 g/mol. The van der Waals surface area contributed by atoms with E-state index in [2.05, 4.69) is 10.6 Å². The van der Waals surface area contributed by atoms with Gasteiger partial charge in [-0.2, -0.15) is 5.48 Å². The van der Waals surface area contributed by atoms with Crippen LogP contribution < -0.4 is 16.1 Å². The maximum Gasteiger partial charge on any atom is 0.431 e. The second kappa shape index (κ2) is 12.4. The minimum Gasteiger partial charge on any atom is -0.442 e. The van der Waals surface area contributed by atoms with Gasteiger partial charge in [0, 0.05) is 13.1 Å². The highest BCUT2D eigenvalue weighted by atomic mass is 32.2. The van der Waals surface area contributed by atoms with E-state index in [0.29, 0.717) is 0 Å². The van der Waals surface area contributed by atoms with Crippen LogP contribution in [0.2, 0.25) is 0 Å². The predicted molar refractivity (Wildman–Crippen MR) is 114 cm³/mol. The van der Waals surface area contributed by atoms with Crippen LogP contribution >= 0.6 is 35.7 Å². The second-order valence-corrected chi connectivity index (χ2v) is 10.9. The van der Waals surface area contributed by atoms with E-state index < -0.39 is 22.3 Å². The Morgan fingerprint density at radius 2 is 1.63 bits per heavy atom. The van der Waals surface area contributed by atoms with E-state index >= 15 is 0 Å². The van der Waals surface area contributed by atoms with E-state index in [-0.39, 0.29) is 25.6 Å². The lowest BCUT2D eigenvalue weighted by Gasteiger charge is -2.23. The van der Waals surface area contributed by atoms with Crippen LogP contribution in [0.3, 0.4) is 0 Å². The summed E-state index contributed by atoms with van der Waals surface area (Å²) in [5.41, 5.74) is 1.36. The van der Waals surface area contributed by atoms with Crippen LogP contribution in [0.15, 0.2) is 0 Å². The molecule has 156 valence electrons. The number of rotatable bonds is 9. The molecule has 8 nitrogen and oxygen atoms in total. The number of ether oxygens (including phenoxy) is 1. The molecule has 3 N–H and O–H groups in total. The zero-order valence-electron chi connectivity index (χ0n) is 16.6. The van der Waals surface area contributed by atoms with Gasteiger partial charge in [-0.3, -0.25) is 14.4 Å². The molecule has 0 saturated heterocycles. The Balaban J connectivity index is 3.96. The number of hydrogen-bond acceptors (Lipinski definition) is 8. The van der Waals surface area contributed by atoms with Crippen LogP contribution in [0.1, 0.15) is 41.5 Å². The highest BCUT2D eigenvalue weighted by molar-refractivity contribution is 8.47. The lowest BCUT2D eigenvalue weighted by molar-refractivity contribution is -0.128. The summed E-state index contributed by atoms with van der Waals surface area (Å²) in [5, 5.41) is 5.32. The monoisotopic (exact) mass is 439 g/mol. The molecular formula is C16H29N3O5S3. The van der Waals surface area contributed by atoms with Crippen LogP contribution in [0, 0.1) is 0 Å².